The molecule has 0 atom stereocenters. The molecule has 0 bridgehead atoms. The minimum absolute atomic E-state index is 0.0779. The van der Waals surface area contributed by atoms with E-state index in [0.29, 0.717) is 24.7 Å². The van der Waals surface area contributed by atoms with Crippen LogP contribution in [-0.4, -0.2) is 26.7 Å². The number of carbonyl (C=O) groups is 1. The standard InChI is InChI=1S/C25H29N3O3/c1-18-10-13-25(31-21-8-6-5-7-9-21)24(14-18)28(19(2)29)16-20-15-22(30-4)11-12-23(20)27-17-26-3/h5-15,26-27H,16-17H2,1-4H3. The maximum atomic E-state index is 12.8. The molecule has 3 aromatic rings. The van der Waals surface area contributed by atoms with E-state index in [1.165, 1.54) is 0 Å². The average molecular weight is 420 g/mol. The number of hydrogen-bond acceptors (Lipinski definition) is 5. The lowest BCUT2D eigenvalue weighted by Crippen LogP contribution is -2.29. The highest BCUT2D eigenvalue weighted by molar-refractivity contribution is 5.93. The number of carbonyl (C=O) groups excluding carboxylic acids is 1. The Morgan fingerprint density at radius 1 is 1.00 bits per heavy atom. The van der Waals surface area contributed by atoms with Crippen molar-refractivity contribution in [2.45, 2.75) is 20.4 Å². The van der Waals surface area contributed by atoms with E-state index >= 15 is 0 Å². The van der Waals surface area contributed by atoms with Gasteiger partial charge in [0, 0.05) is 12.6 Å². The van der Waals surface area contributed by atoms with E-state index in [1.54, 1.807) is 18.9 Å². The summed E-state index contributed by atoms with van der Waals surface area (Å²) in [6.07, 6.45) is 0. The summed E-state index contributed by atoms with van der Waals surface area (Å²) in [5.41, 5.74) is 3.64. The molecular formula is C25H29N3O3. The van der Waals surface area contributed by atoms with Crippen molar-refractivity contribution in [2.24, 2.45) is 0 Å². The summed E-state index contributed by atoms with van der Waals surface area (Å²) in [5, 5.41) is 6.42. The molecule has 0 aromatic heterocycles. The predicted octanol–water partition coefficient (Wildman–Crippen LogP) is 4.94. The summed E-state index contributed by atoms with van der Waals surface area (Å²) in [7, 11) is 3.51. The van der Waals surface area contributed by atoms with E-state index in [-0.39, 0.29) is 5.91 Å². The van der Waals surface area contributed by atoms with Crippen molar-refractivity contribution < 1.29 is 14.3 Å². The smallest absolute Gasteiger partial charge is 0.224 e. The number of aryl methyl sites for hydroxylation is 1. The van der Waals surface area contributed by atoms with Gasteiger partial charge in [0.05, 0.1) is 26.0 Å². The van der Waals surface area contributed by atoms with Crippen LogP contribution in [0.1, 0.15) is 18.1 Å². The number of para-hydroxylation sites is 1. The monoisotopic (exact) mass is 419 g/mol. The number of rotatable bonds is 9. The van der Waals surface area contributed by atoms with Gasteiger partial charge in [-0.15, -0.1) is 0 Å². The Labute approximate surface area is 183 Å². The van der Waals surface area contributed by atoms with Gasteiger partial charge in [-0.25, -0.2) is 0 Å². The fraction of sp³-hybridized carbons (Fsp3) is 0.240. The summed E-state index contributed by atoms with van der Waals surface area (Å²) in [6.45, 7) is 4.54. The molecule has 0 fully saturated rings. The number of hydrogen-bond donors (Lipinski definition) is 2. The van der Waals surface area contributed by atoms with Crippen LogP contribution in [0.2, 0.25) is 0 Å². The second-order valence-corrected chi connectivity index (χ2v) is 7.22. The van der Waals surface area contributed by atoms with E-state index < -0.39 is 0 Å². The highest BCUT2D eigenvalue weighted by Gasteiger charge is 2.20. The largest absolute Gasteiger partial charge is 0.497 e. The van der Waals surface area contributed by atoms with Gasteiger partial charge in [0.2, 0.25) is 5.91 Å². The Balaban J connectivity index is 2.00. The van der Waals surface area contributed by atoms with Crippen molar-refractivity contribution in [3.8, 4) is 17.2 Å². The van der Waals surface area contributed by atoms with Gasteiger partial charge >= 0.3 is 0 Å². The van der Waals surface area contributed by atoms with Gasteiger partial charge in [0.25, 0.3) is 0 Å². The first-order valence-corrected chi connectivity index (χ1v) is 10.2. The summed E-state index contributed by atoms with van der Waals surface area (Å²) in [5.74, 6) is 2.00. The van der Waals surface area contributed by atoms with Crippen LogP contribution in [-0.2, 0) is 11.3 Å². The van der Waals surface area contributed by atoms with E-state index in [9.17, 15) is 4.79 Å². The van der Waals surface area contributed by atoms with Crippen molar-refractivity contribution >= 4 is 17.3 Å². The van der Waals surface area contributed by atoms with Crippen LogP contribution in [0, 0.1) is 6.92 Å². The first-order valence-electron chi connectivity index (χ1n) is 10.2. The predicted molar refractivity (Wildman–Crippen MR) is 125 cm³/mol. The average Bonchev–Trinajstić information content (AvgIpc) is 2.78. The van der Waals surface area contributed by atoms with Crippen molar-refractivity contribution in [3.05, 3.63) is 77.9 Å². The van der Waals surface area contributed by atoms with Crippen LogP contribution in [0.15, 0.2) is 66.7 Å². The van der Waals surface area contributed by atoms with Gasteiger partial charge < -0.3 is 25.0 Å². The van der Waals surface area contributed by atoms with Crippen molar-refractivity contribution in [1.29, 1.82) is 0 Å². The zero-order valence-corrected chi connectivity index (χ0v) is 18.4. The summed E-state index contributed by atoms with van der Waals surface area (Å²) in [6, 6.07) is 21.2. The van der Waals surface area contributed by atoms with E-state index in [0.717, 1.165) is 28.3 Å². The molecule has 3 rings (SSSR count). The highest BCUT2D eigenvalue weighted by atomic mass is 16.5. The molecule has 1 amide bonds. The quantitative estimate of drug-likeness (QED) is 0.481. The van der Waals surface area contributed by atoms with Crippen molar-refractivity contribution in [3.63, 3.8) is 0 Å². The molecule has 0 spiro atoms. The fourth-order valence-electron chi connectivity index (χ4n) is 3.26. The number of nitrogens with zero attached hydrogens (tertiary/aromatic N) is 1. The lowest BCUT2D eigenvalue weighted by atomic mass is 10.1. The van der Waals surface area contributed by atoms with E-state index in [2.05, 4.69) is 10.6 Å². The Morgan fingerprint density at radius 3 is 2.45 bits per heavy atom. The summed E-state index contributed by atoms with van der Waals surface area (Å²) >= 11 is 0. The zero-order valence-electron chi connectivity index (χ0n) is 18.4. The van der Waals surface area contributed by atoms with E-state index in [4.69, 9.17) is 9.47 Å². The topological polar surface area (TPSA) is 62.8 Å². The molecule has 0 aliphatic rings. The van der Waals surface area contributed by atoms with Crippen LogP contribution in [0.25, 0.3) is 0 Å². The van der Waals surface area contributed by atoms with Crippen molar-refractivity contribution in [1.82, 2.24) is 5.32 Å². The minimum Gasteiger partial charge on any atom is -0.497 e. The summed E-state index contributed by atoms with van der Waals surface area (Å²) in [4.78, 5) is 14.5. The molecule has 2 N–H and O–H groups in total. The van der Waals surface area contributed by atoms with Gasteiger partial charge in [-0.1, -0.05) is 24.3 Å². The molecule has 6 heteroatoms. The third kappa shape index (κ3) is 5.77. The van der Waals surface area contributed by atoms with E-state index in [1.807, 2.05) is 80.7 Å². The number of amides is 1. The van der Waals surface area contributed by atoms with Gasteiger partial charge in [-0.2, -0.15) is 0 Å². The Hall–Kier alpha value is -3.51. The molecule has 162 valence electrons. The second-order valence-electron chi connectivity index (χ2n) is 7.22. The van der Waals surface area contributed by atoms with Gasteiger partial charge in [0.1, 0.15) is 11.5 Å². The molecule has 0 radical (unpaired) electrons. The first-order chi connectivity index (χ1) is 15.0. The molecule has 0 saturated carbocycles. The maximum Gasteiger partial charge on any atom is 0.224 e. The lowest BCUT2D eigenvalue weighted by Gasteiger charge is -2.26. The molecule has 0 aliphatic carbocycles. The Bertz CT molecular complexity index is 1020. The van der Waals surface area contributed by atoms with Crippen LogP contribution >= 0.6 is 0 Å². The Kier molecular flexibility index (Phi) is 7.51. The molecule has 0 heterocycles. The fourth-order valence-corrected chi connectivity index (χ4v) is 3.26. The number of anilines is 2. The van der Waals surface area contributed by atoms with Gasteiger partial charge in [-0.3, -0.25) is 4.79 Å². The van der Waals surface area contributed by atoms with Crippen LogP contribution in [0.4, 0.5) is 11.4 Å². The Morgan fingerprint density at radius 2 is 1.77 bits per heavy atom. The molecule has 6 nitrogen and oxygen atoms in total. The van der Waals surface area contributed by atoms with Crippen LogP contribution < -0.4 is 25.0 Å². The molecule has 0 unspecified atom stereocenters. The molecule has 31 heavy (non-hydrogen) atoms. The van der Waals surface area contributed by atoms with Crippen LogP contribution in [0.5, 0.6) is 17.2 Å². The molecular weight excluding hydrogens is 390 g/mol. The number of methoxy groups -OCH3 is 1. The third-order valence-electron chi connectivity index (χ3n) is 4.85. The molecule has 3 aromatic carbocycles. The highest BCUT2D eigenvalue weighted by Crippen LogP contribution is 2.35. The molecule has 0 aliphatic heterocycles. The number of nitrogens with one attached hydrogen (secondary N) is 2. The number of ether oxygens (including phenoxy) is 2. The van der Waals surface area contributed by atoms with Crippen LogP contribution in [0.3, 0.4) is 0 Å². The summed E-state index contributed by atoms with van der Waals surface area (Å²) < 4.78 is 11.5. The van der Waals surface area contributed by atoms with Gasteiger partial charge in [0.15, 0.2) is 5.75 Å². The minimum atomic E-state index is -0.0779. The van der Waals surface area contributed by atoms with Crippen molar-refractivity contribution in [2.75, 3.05) is 31.0 Å². The zero-order chi connectivity index (χ0) is 22.2. The third-order valence-corrected chi connectivity index (χ3v) is 4.85. The SMILES string of the molecule is CNCNc1ccc(OC)cc1CN(C(C)=O)c1cc(C)ccc1Oc1ccccc1. The molecule has 0 saturated heterocycles. The second kappa shape index (κ2) is 10.5. The maximum absolute atomic E-state index is 12.8. The lowest BCUT2D eigenvalue weighted by molar-refractivity contribution is -0.116. The first kappa shape index (κ1) is 22.2. The normalized spacial score (nSPS) is 10.5. The number of benzene rings is 3. The van der Waals surface area contributed by atoms with Gasteiger partial charge in [-0.05, 0) is 67.6 Å².